The number of pyridine rings is 1. The van der Waals surface area contributed by atoms with Gasteiger partial charge in [0.2, 0.25) is 5.78 Å². The second kappa shape index (κ2) is 7.44. The number of nitrogens with zero attached hydrogens (tertiary/aromatic N) is 3. The Hall–Kier alpha value is -3.30. The van der Waals surface area contributed by atoms with Crippen LogP contribution in [0.25, 0.3) is 10.9 Å². The molecule has 0 aliphatic heterocycles. The van der Waals surface area contributed by atoms with Crippen LogP contribution in [0.15, 0.2) is 53.6 Å². The Kier molecular flexibility index (Phi) is 5.03. The molecule has 2 heterocycles. The summed E-state index contributed by atoms with van der Waals surface area (Å²) in [6.07, 6.45) is 1.13. The van der Waals surface area contributed by atoms with E-state index >= 15 is 0 Å². The summed E-state index contributed by atoms with van der Waals surface area (Å²) in [7, 11) is -4.20. The van der Waals surface area contributed by atoms with Crippen molar-refractivity contribution in [2.75, 3.05) is 5.73 Å². The van der Waals surface area contributed by atoms with Crippen LogP contribution >= 0.6 is 11.6 Å². The van der Waals surface area contributed by atoms with Crippen LogP contribution in [0.2, 0.25) is 5.02 Å². The highest BCUT2D eigenvalue weighted by Gasteiger charge is 2.26. The molecule has 0 bridgehead atoms. The Morgan fingerprint density at radius 1 is 1.13 bits per heavy atom. The number of carbonyl (C=O) groups excluding carboxylic acids is 1. The van der Waals surface area contributed by atoms with Gasteiger partial charge in [-0.15, -0.1) is 0 Å². The minimum absolute atomic E-state index is 0.00243. The molecule has 0 unspecified atom stereocenters. The fraction of sp³-hybridized carbons (Fsp3) is 0.0952. The molecule has 0 aliphatic rings. The van der Waals surface area contributed by atoms with Crippen LogP contribution in [-0.4, -0.2) is 28.4 Å². The van der Waals surface area contributed by atoms with Gasteiger partial charge in [0.15, 0.2) is 0 Å². The second-order valence-corrected chi connectivity index (χ2v) is 9.17. The summed E-state index contributed by atoms with van der Waals surface area (Å²) in [6, 6.07) is 9.82. The zero-order valence-electron chi connectivity index (χ0n) is 16.4. The molecule has 4 rings (SSSR count). The van der Waals surface area contributed by atoms with E-state index in [1.807, 2.05) is 6.92 Å². The van der Waals surface area contributed by atoms with Gasteiger partial charge in [0, 0.05) is 16.6 Å². The summed E-state index contributed by atoms with van der Waals surface area (Å²) >= 11 is 6.06. The Morgan fingerprint density at radius 3 is 2.48 bits per heavy atom. The first-order chi connectivity index (χ1) is 14.6. The maximum Gasteiger partial charge on any atom is 0.283 e. The van der Waals surface area contributed by atoms with Crippen molar-refractivity contribution < 1.29 is 17.6 Å². The van der Waals surface area contributed by atoms with Gasteiger partial charge in [-0.2, -0.15) is 17.6 Å². The number of hydrogen-bond acceptors (Lipinski definition) is 6. The molecular formula is C21H16ClFN4O3S. The van der Waals surface area contributed by atoms with Crippen molar-refractivity contribution in [2.45, 2.75) is 18.7 Å². The number of rotatable bonds is 4. The van der Waals surface area contributed by atoms with E-state index in [-0.39, 0.29) is 37.8 Å². The Balaban J connectivity index is 1.92. The SMILES string of the molecule is Cc1ccc(S(=O)(=O)n2ncc3c(C(=O)c4nc(C)cc(Cl)c4N)ccc(F)c32)cc1. The maximum absolute atomic E-state index is 14.7. The van der Waals surface area contributed by atoms with E-state index in [9.17, 15) is 17.6 Å². The molecule has 4 aromatic rings. The Bertz CT molecular complexity index is 1460. The summed E-state index contributed by atoms with van der Waals surface area (Å²) in [5, 5.41) is 4.05. The molecule has 31 heavy (non-hydrogen) atoms. The minimum atomic E-state index is -4.20. The van der Waals surface area contributed by atoms with Crippen LogP contribution in [-0.2, 0) is 10.0 Å². The van der Waals surface area contributed by atoms with E-state index in [4.69, 9.17) is 17.3 Å². The lowest BCUT2D eigenvalue weighted by Gasteiger charge is -2.10. The molecule has 10 heteroatoms. The molecule has 158 valence electrons. The van der Waals surface area contributed by atoms with E-state index in [0.29, 0.717) is 9.78 Å². The van der Waals surface area contributed by atoms with Gasteiger partial charge in [0.05, 0.1) is 21.8 Å². The third kappa shape index (κ3) is 3.45. The molecule has 0 aliphatic carbocycles. The van der Waals surface area contributed by atoms with Crippen molar-refractivity contribution in [1.29, 1.82) is 0 Å². The van der Waals surface area contributed by atoms with Crippen LogP contribution in [0.3, 0.4) is 0 Å². The van der Waals surface area contributed by atoms with Crippen molar-refractivity contribution in [3.63, 3.8) is 0 Å². The molecule has 2 N–H and O–H groups in total. The standard InChI is InChI=1S/C21H16ClFN4O3S/c1-11-3-5-13(6-4-11)31(29,30)27-20-15(10-25-27)14(7-8-17(20)23)21(28)19-18(24)16(22)9-12(2)26-19/h3-10H,24H2,1-2H3. The van der Waals surface area contributed by atoms with E-state index in [1.54, 1.807) is 19.1 Å². The van der Waals surface area contributed by atoms with Gasteiger partial charge in [-0.1, -0.05) is 29.3 Å². The molecule has 0 spiro atoms. The Labute approximate surface area is 182 Å². The molecule has 0 radical (unpaired) electrons. The smallest absolute Gasteiger partial charge is 0.283 e. The number of nitrogen functional groups attached to an aromatic ring is 1. The van der Waals surface area contributed by atoms with Gasteiger partial charge in [0.1, 0.15) is 17.0 Å². The van der Waals surface area contributed by atoms with Crippen molar-refractivity contribution in [3.8, 4) is 0 Å². The lowest BCUT2D eigenvalue weighted by molar-refractivity contribution is 0.103. The number of aryl methyl sites for hydroxylation is 2. The monoisotopic (exact) mass is 458 g/mol. The first-order valence-corrected chi connectivity index (χ1v) is 10.9. The molecule has 0 saturated carbocycles. The average Bonchev–Trinajstić information content (AvgIpc) is 3.18. The van der Waals surface area contributed by atoms with Crippen LogP contribution < -0.4 is 5.73 Å². The minimum Gasteiger partial charge on any atom is -0.396 e. The quantitative estimate of drug-likeness (QED) is 0.465. The van der Waals surface area contributed by atoms with Crippen LogP contribution in [0.4, 0.5) is 10.1 Å². The maximum atomic E-state index is 14.7. The average molecular weight is 459 g/mol. The van der Waals surface area contributed by atoms with Crippen LogP contribution in [0.5, 0.6) is 0 Å². The number of nitrogens with two attached hydrogens (primary N) is 1. The van der Waals surface area contributed by atoms with Crippen molar-refractivity contribution >= 4 is 44.0 Å². The van der Waals surface area contributed by atoms with E-state index < -0.39 is 21.6 Å². The van der Waals surface area contributed by atoms with E-state index in [0.717, 1.165) is 17.8 Å². The van der Waals surface area contributed by atoms with Gasteiger partial charge >= 0.3 is 0 Å². The number of carbonyl (C=O) groups is 1. The first kappa shape index (κ1) is 21.0. The zero-order chi connectivity index (χ0) is 22.5. The molecule has 2 aromatic carbocycles. The van der Waals surface area contributed by atoms with Crippen LogP contribution in [0, 0.1) is 19.7 Å². The number of benzene rings is 2. The molecule has 7 nitrogen and oxygen atoms in total. The van der Waals surface area contributed by atoms with Gasteiger partial charge in [-0.25, -0.2) is 9.37 Å². The lowest BCUT2D eigenvalue weighted by Crippen LogP contribution is -2.15. The van der Waals surface area contributed by atoms with E-state index in [1.165, 1.54) is 24.3 Å². The topological polar surface area (TPSA) is 108 Å². The number of halogens is 2. The zero-order valence-corrected chi connectivity index (χ0v) is 18.0. The third-order valence-electron chi connectivity index (χ3n) is 4.79. The highest BCUT2D eigenvalue weighted by atomic mass is 35.5. The predicted molar refractivity (Wildman–Crippen MR) is 115 cm³/mol. The summed E-state index contributed by atoms with van der Waals surface area (Å²) in [6.45, 7) is 3.46. The van der Waals surface area contributed by atoms with Gasteiger partial charge in [-0.05, 0) is 44.2 Å². The second-order valence-electron chi connectivity index (χ2n) is 7.00. The van der Waals surface area contributed by atoms with Crippen molar-refractivity contribution in [2.24, 2.45) is 0 Å². The molecule has 0 amide bonds. The lowest BCUT2D eigenvalue weighted by atomic mass is 10.0. The molecule has 2 aromatic heterocycles. The largest absolute Gasteiger partial charge is 0.396 e. The fourth-order valence-electron chi connectivity index (χ4n) is 3.21. The van der Waals surface area contributed by atoms with Crippen molar-refractivity contribution in [1.82, 2.24) is 14.2 Å². The number of fused-ring (bicyclic) bond motifs is 1. The highest BCUT2D eigenvalue weighted by molar-refractivity contribution is 7.90. The number of anilines is 1. The molecule has 0 fully saturated rings. The summed E-state index contributed by atoms with van der Waals surface area (Å²) in [4.78, 5) is 17.2. The summed E-state index contributed by atoms with van der Waals surface area (Å²) in [5.74, 6) is -1.47. The predicted octanol–water partition coefficient (Wildman–Crippen LogP) is 3.89. The Morgan fingerprint density at radius 2 is 1.81 bits per heavy atom. The third-order valence-corrected chi connectivity index (χ3v) is 6.71. The molecule has 0 saturated heterocycles. The van der Waals surface area contributed by atoms with E-state index in [2.05, 4.69) is 10.1 Å². The summed E-state index contributed by atoms with van der Waals surface area (Å²) in [5.41, 5.74) is 6.79. The number of hydrogen-bond donors (Lipinski definition) is 1. The van der Waals surface area contributed by atoms with Gasteiger partial charge in [0.25, 0.3) is 10.0 Å². The van der Waals surface area contributed by atoms with Crippen LogP contribution in [0.1, 0.15) is 27.3 Å². The fourth-order valence-corrected chi connectivity index (χ4v) is 4.73. The van der Waals surface area contributed by atoms with Gasteiger partial charge < -0.3 is 5.73 Å². The first-order valence-electron chi connectivity index (χ1n) is 9.07. The number of ketones is 1. The number of aromatic nitrogens is 3. The normalized spacial score (nSPS) is 11.7. The van der Waals surface area contributed by atoms with Gasteiger partial charge in [-0.3, -0.25) is 4.79 Å². The highest BCUT2D eigenvalue weighted by Crippen LogP contribution is 2.30. The molecule has 0 atom stereocenters. The molecular weight excluding hydrogens is 443 g/mol. The van der Waals surface area contributed by atoms with Crippen molar-refractivity contribution in [3.05, 3.63) is 82.0 Å². The summed E-state index contributed by atoms with van der Waals surface area (Å²) < 4.78 is 41.5.